The van der Waals surface area contributed by atoms with Crippen LogP contribution < -0.4 is 0 Å². The molecule has 21 heavy (non-hydrogen) atoms. The van der Waals surface area contributed by atoms with Gasteiger partial charge in [0.2, 0.25) is 10.0 Å². The SMILES string of the molecule is Cn1cccc1[C@@H]1CCCN1S(=O)(=O)c1ccccc1Cl. The highest BCUT2D eigenvalue weighted by Gasteiger charge is 2.37. The van der Waals surface area contributed by atoms with E-state index in [4.69, 9.17) is 11.6 Å². The molecule has 0 aliphatic carbocycles. The fourth-order valence-corrected chi connectivity index (χ4v) is 5.09. The molecule has 0 saturated carbocycles. The van der Waals surface area contributed by atoms with Crippen molar-refractivity contribution in [3.63, 3.8) is 0 Å². The minimum absolute atomic E-state index is 0.119. The summed E-state index contributed by atoms with van der Waals surface area (Å²) in [6, 6.07) is 10.4. The Balaban J connectivity index is 2.03. The Bertz CT molecular complexity index is 755. The Labute approximate surface area is 130 Å². The van der Waals surface area contributed by atoms with Gasteiger partial charge in [-0.1, -0.05) is 23.7 Å². The van der Waals surface area contributed by atoms with E-state index in [1.54, 1.807) is 28.6 Å². The van der Waals surface area contributed by atoms with Gasteiger partial charge in [-0.2, -0.15) is 4.31 Å². The monoisotopic (exact) mass is 324 g/mol. The van der Waals surface area contributed by atoms with Crippen molar-refractivity contribution in [3.8, 4) is 0 Å². The van der Waals surface area contributed by atoms with Gasteiger partial charge >= 0.3 is 0 Å². The van der Waals surface area contributed by atoms with Crippen LogP contribution in [0.15, 0.2) is 47.5 Å². The number of rotatable bonds is 3. The second-order valence-electron chi connectivity index (χ2n) is 5.25. The van der Waals surface area contributed by atoms with Gasteiger partial charge in [0.15, 0.2) is 0 Å². The number of hydrogen-bond acceptors (Lipinski definition) is 2. The van der Waals surface area contributed by atoms with Crippen molar-refractivity contribution >= 4 is 21.6 Å². The van der Waals surface area contributed by atoms with Crippen LogP contribution in [0.4, 0.5) is 0 Å². The van der Waals surface area contributed by atoms with Crippen LogP contribution in [0.2, 0.25) is 5.02 Å². The molecule has 1 aromatic carbocycles. The third-order valence-corrected chi connectivity index (χ3v) is 6.36. The summed E-state index contributed by atoms with van der Waals surface area (Å²) in [5.74, 6) is 0. The van der Waals surface area contributed by atoms with Crippen molar-refractivity contribution in [2.45, 2.75) is 23.8 Å². The largest absolute Gasteiger partial charge is 0.353 e. The Morgan fingerprint density at radius 1 is 1.19 bits per heavy atom. The number of benzene rings is 1. The number of aromatic nitrogens is 1. The topological polar surface area (TPSA) is 42.3 Å². The summed E-state index contributed by atoms with van der Waals surface area (Å²) in [4.78, 5) is 0.188. The van der Waals surface area contributed by atoms with Gasteiger partial charge in [0.05, 0.1) is 11.1 Å². The average molecular weight is 325 g/mol. The van der Waals surface area contributed by atoms with Crippen molar-refractivity contribution in [1.29, 1.82) is 0 Å². The first-order valence-corrected chi connectivity index (χ1v) is 8.71. The molecule has 3 rings (SSSR count). The summed E-state index contributed by atoms with van der Waals surface area (Å²) in [7, 11) is -1.63. The minimum atomic E-state index is -3.57. The van der Waals surface area contributed by atoms with Crippen LogP contribution >= 0.6 is 11.6 Å². The molecule has 0 radical (unpaired) electrons. The van der Waals surface area contributed by atoms with Crippen molar-refractivity contribution in [1.82, 2.24) is 8.87 Å². The first kappa shape index (κ1) is 14.6. The summed E-state index contributed by atoms with van der Waals surface area (Å²) < 4.78 is 29.4. The molecule has 0 N–H and O–H groups in total. The normalized spacial score (nSPS) is 20.0. The van der Waals surface area contributed by atoms with E-state index in [0.29, 0.717) is 6.54 Å². The maximum Gasteiger partial charge on any atom is 0.245 e. The minimum Gasteiger partial charge on any atom is -0.353 e. The maximum absolute atomic E-state index is 12.9. The first-order chi connectivity index (χ1) is 10.0. The molecule has 2 aromatic rings. The molecule has 0 unspecified atom stereocenters. The van der Waals surface area contributed by atoms with Gasteiger partial charge in [-0.25, -0.2) is 8.42 Å². The van der Waals surface area contributed by atoms with Crippen LogP contribution in [0.5, 0.6) is 0 Å². The predicted molar refractivity (Wildman–Crippen MR) is 82.7 cm³/mol. The molecule has 1 atom stereocenters. The number of hydrogen-bond donors (Lipinski definition) is 0. The van der Waals surface area contributed by atoms with E-state index < -0.39 is 10.0 Å². The van der Waals surface area contributed by atoms with Crippen LogP contribution in [0, 0.1) is 0 Å². The summed E-state index contributed by atoms with van der Waals surface area (Å²) in [5, 5.41) is 0.273. The molecule has 1 fully saturated rings. The number of sulfonamides is 1. The molecule has 1 aromatic heterocycles. The Morgan fingerprint density at radius 2 is 1.95 bits per heavy atom. The van der Waals surface area contributed by atoms with E-state index in [0.717, 1.165) is 18.5 Å². The van der Waals surface area contributed by atoms with E-state index >= 15 is 0 Å². The summed E-state index contributed by atoms with van der Waals surface area (Å²) in [6.07, 6.45) is 3.63. The third-order valence-electron chi connectivity index (χ3n) is 3.95. The van der Waals surface area contributed by atoms with Gasteiger partial charge in [0.25, 0.3) is 0 Å². The second kappa shape index (κ2) is 5.48. The van der Waals surface area contributed by atoms with Gasteiger partial charge in [0.1, 0.15) is 4.90 Å². The highest BCUT2D eigenvalue weighted by molar-refractivity contribution is 7.89. The summed E-state index contributed by atoms with van der Waals surface area (Å²) in [5.41, 5.74) is 1.02. The fraction of sp³-hybridized carbons (Fsp3) is 0.333. The molecule has 6 heteroatoms. The molecule has 112 valence electrons. The smallest absolute Gasteiger partial charge is 0.245 e. The third kappa shape index (κ3) is 2.50. The molecule has 0 bridgehead atoms. The molecule has 2 heterocycles. The Kier molecular flexibility index (Phi) is 3.82. The predicted octanol–water partition coefficient (Wildman–Crippen LogP) is 3.20. The van der Waals surface area contributed by atoms with Crippen molar-refractivity contribution in [2.75, 3.05) is 6.54 Å². The zero-order valence-electron chi connectivity index (χ0n) is 11.7. The van der Waals surface area contributed by atoms with Crippen molar-refractivity contribution in [3.05, 3.63) is 53.3 Å². The molecular formula is C15H17ClN2O2S. The van der Waals surface area contributed by atoms with Crippen LogP contribution in [-0.4, -0.2) is 23.8 Å². The lowest BCUT2D eigenvalue weighted by Gasteiger charge is -2.25. The van der Waals surface area contributed by atoms with E-state index in [2.05, 4.69) is 0 Å². The number of halogens is 1. The van der Waals surface area contributed by atoms with E-state index in [9.17, 15) is 8.42 Å². The van der Waals surface area contributed by atoms with Crippen LogP contribution in [0.3, 0.4) is 0 Å². The number of nitrogens with zero attached hydrogens (tertiary/aromatic N) is 2. The van der Waals surface area contributed by atoms with E-state index in [1.807, 2.05) is 29.9 Å². The molecule has 1 aliphatic rings. The molecule has 0 spiro atoms. The lowest BCUT2D eigenvalue weighted by Crippen LogP contribution is -2.31. The molecular weight excluding hydrogens is 308 g/mol. The van der Waals surface area contributed by atoms with E-state index in [-0.39, 0.29) is 16.0 Å². The summed E-state index contributed by atoms with van der Waals surface area (Å²) >= 11 is 6.08. The second-order valence-corrected chi connectivity index (χ2v) is 7.51. The van der Waals surface area contributed by atoms with Crippen LogP contribution in [0.25, 0.3) is 0 Å². The van der Waals surface area contributed by atoms with Crippen molar-refractivity contribution in [2.24, 2.45) is 7.05 Å². The Hall–Kier alpha value is -1.30. The molecule has 0 amide bonds. The standard InChI is InChI=1S/C15H17ClN2O2S/c1-17-10-4-7-13(17)14-8-5-11-18(14)21(19,20)15-9-3-2-6-12(15)16/h2-4,6-7,9-10,14H,5,8,11H2,1H3/t14-/m0/s1. The zero-order chi connectivity index (χ0) is 15.0. The summed E-state index contributed by atoms with van der Waals surface area (Å²) in [6.45, 7) is 0.531. The fourth-order valence-electron chi connectivity index (χ4n) is 2.92. The lowest BCUT2D eigenvalue weighted by molar-refractivity contribution is 0.384. The highest BCUT2D eigenvalue weighted by Crippen LogP contribution is 2.37. The lowest BCUT2D eigenvalue weighted by atomic mass is 10.1. The quantitative estimate of drug-likeness (QED) is 0.870. The van der Waals surface area contributed by atoms with Crippen LogP contribution in [0.1, 0.15) is 24.6 Å². The Morgan fingerprint density at radius 3 is 2.62 bits per heavy atom. The van der Waals surface area contributed by atoms with Gasteiger partial charge in [-0.3, -0.25) is 0 Å². The zero-order valence-corrected chi connectivity index (χ0v) is 13.3. The molecule has 4 nitrogen and oxygen atoms in total. The maximum atomic E-state index is 12.9. The van der Waals surface area contributed by atoms with Gasteiger partial charge in [-0.15, -0.1) is 0 Å². The van der Waals surface area contributed by atoms with E-state index in [1.165, 1.54) is 0 Å². The van der Waals surface area contributed by atoms with Gasteiger partial charge in [0, 0.05) is 25.5 Å². The first-order valence-electron chi connectivity index (χ1n) is 6.89. The number of aryl methyl sites for hydroxylation is 1. The molecule has 1 saturated heterocycles. The average Bonchev–Trinajstić information content (AvgIpc) is 3.07. The highest BCUT2D eigenvalue weighted by atomic mass is 35.5. The van der Waals surface area contributed by atoms with Crippen LogP contribution in [-0.2, 0) is 17.1 Å². The van der Waals surface area contributed by atoms with Gasteiger partial charge < -0.3 is 4.57 Å². The molecule has 1 aliphatic heterocycles. The van der Waals surface area contributed by atoms with Gasteiger partial charge in [-0.05, 0) is 37.1 Å². The van der Waals surface area contributed by atoms with Crippen molar-refractivity contribution < 1.29 is 8.42 Å².